The first kappa shape index (κ1) is 21.2. The molecule has 4 N–H and O–H groups in total. The summed E-state index contributed by atoms with van der Waals surface area (Å²) in [4.78, 5) is 26.2. The standard InChI is InChI=1S/C26H16Cl2N4O4/c27-13-5-7-15-17(9-13)31-25-19(29-15)21(33)23(35-25)11-1-2-12(4-3-11)24-22(34)20-26(36-24)32-18-10-14(28)6-8-16(18)30-20/h1-10,23-24,29-32H/t23-,24-/m1/s1. The van der Waals surface area contributed by atoms with Crippen molar-refractivity contribution in [2.24, 2.45) is 0 Å². The molecule has 0 fully saturated rings. The maximum Gasteiger partial charge on any atom is 0.229 e. The second-order valence-corrected chi connectivity index (χ2v) is 9.55. The molecule has 4 heterocycles. The van der Waals surface area contributed by atoms with E-state index in [1.807, 2.05) is 0 Å². The van der Waals surface area contributed by atoms with Gasteiger partial charge < -0.3 is 30.7 Å². The zero-order valence-electron chi connectivity index (χ0n) is 18.3. The molecule has 178 valence electrons. The Kier molecular flexibility index (Phi) is 4.52. The Morgan fingerprint density at radius 1 is 0.556 bits per heavy atom. The second kappa shape index (κ2) is 7.68. The van der Waals surface area contributed by atoms with Crippen LogP contribution >= 0.6 is 23.2 Å². The molecule has 0 bridgehead atoms. The lowest BCUT2D eigenvalue weighted by Crippen LogP contribution is -2.18. The van der Waals surface area contributed by atoms with E-state index in [0.29, 0.717) is 44.3 Å². The molecule has 2 atom stereocenters. The third kappa shape index (κ3) is 3.22. The van der Waals surface area contributed by atoms with Crippen molar-refractivity contribution in [1.82, 2.24) is 0 Å². The lowest BCUT2D eigenvalue weighted by atomic mass is 9.99. The van der Waals surface area contributed by atoms with Gasteiger partial charge in [0.1, 0.15) is 11.4 Å². The molecule has 0 saturated heterocycles. The molecule has 0 saturated carbocycles. The molecule has 0 aromatic heterocycles. The maximum absolute atomic E-state index is 13.1. The minimum Gasteiger partial charge on any atom is -0.461 e. The first-order chi connectivity index (χ1) is 17.4. The van der Waals surface area contributed by atoms with E-state index in [4.69, 9.17) is 32.7 Å². The number of halogens is 2. The zero-order chi connectivity index (χ0) is 24.6. The first-order valence-corrected chi connectivity index (χ1v) is 11.9. The van der Waals surface area contributed by atoms with Gasteiger partial charge in [0.25, 0.3) is 0 Å². The van der Waals surface area contributed by atoms with Crippen molar-refractivity contribution >= 4 is 57.5 Å². The van der Waals surface area contributed by atoms with Crippen molar-refractivity contribution in [2.75, 3.05) is 21.3 Å². The number of anilines is 4. The van der Waals surface area contributed by atoms with E-state index in [0.717, 1.165) is 22.7 Å². The van der Waals surface area contributed by atoms with Crippen LogP contribution in [-0.4, -0.2) is 11.6 Å². The highest BCUT2D eigenvalue weighted by Gasteiger charge is 2.41. The van der Waals surface area contributed by atoms with Gasteiger partial charge in [0, 0.05) is 21.2 Å². The molecule has 10 heteroatoms. The van der Waals surface area contributed by atoms with Gasteiger partial charge in [-0.1, -0.05) is 47.5 Å². The Hall–Kier alpha value is -4.14. The molecule has 0 radical (unpaired) electrons. The van der Waals surface area contributed by atoms with Crippen molar-refractivity contribution in [3.63, 3.8) is 0 Å². The van der Waals surface area contributed by atoms with Crippen molar-refractivity contribution in [1.29, 1.82) is 0 Å². The number of hydrogen-bond acceptors (Lipinski definition) is 8. The number of nitrogens with one attached hydrogen (secondary N) is 4. The van der Waals surface area contributed by atoms with Gasteiger partial charge in [-0.25, -0.2) is 0 Å². The monoisotopic (exact) mass is 518 g/mol. The number of ether oxygens (including phenoxy) is 2. The van der Waals surface area contributed by atoms with Crippen LogP contribution in [-0.2, 0) is 19.1 Å². The van der Waals surface area contributed by atoms with Gasteiger partial charge in [-0.15, -0.1) is 0 Å². The van der Waals surface area contributed by atoms with Crippen LogP contribution in [0.4, 0.5) is 22.7 Å². The Labute approximate surface area is 214 Å². The van der Waals surface area contributed by atoms with Gasteiger partial charge in [-0.05, 0) is 36.4 Å². The van der Waals surface area contributed by atoms with Crippen LogP contribution in [0.5, 0.6) is 0 Å². The van der Waals surface area contributed by atoms with Crippen LogP contribution in [0, 0.1) is 0 Å². The van der Waals surface area contributed by atoms with Gasteiger partial charge in [-0.2, -0.15) is 0 Å². The van der Waals surface area contributed by atoms with Crippen molar-refractivity contribution in [3.8, 4) is 0 Å². The number of carbonyl (C=O) groups is 2. The van der Waals surface area contributed by atoms with E-state index < -0.39 is 12.2 Å². The Morgan fingerprint density at radius 2 is 0.972 bits per heavy atom. The van der Waals surface area contributed by atoms with Crippen LogP contribution in [0.2, 0.25) is 10.0 Å². The van der Waals surface area contributed by atoms with E-state index in [9.17, 15) is 9.59 Å². The zero-order valence-corrected chi connectivity index (χ0v) is 19.8. The molecule has 0 spiro atoms. The number of benzene rings is 3. The molecule has 3 aromatic rings. The minimum atomic E-state index is -0.817. The van der Waals surface area contributed by atoms with Gasteiger partial charge >= 0.3 is 0 Å². The average Bonchev–Trinajstić information content (AvgIpc) is 3.37. The van der Waals surface area contributed by atoms with Gasteiger partial charge in [0.2, 0.25) is 23.3 Å². The van der Waals surface area contributed by atoms with E-state index in [-0.39, 0.29) is 11.6 Å². The molecule has 4 aliphatic rings. The summed E-state index contributed by atoms with van der Waals surface area (Å²) in [7, 11) is 0. The molecule has 3 aromatic carbocycles. The molecule has 0 amide bonds. The van der Waals surface area contributed by atoms with Crippen LogP contribution < -0.4 is 21.3 Å². The van der Waals surface area contributed by atoms with E-state index >= 15 is 0 Å². The molecule has 0 unspecified atom stereocenters. The third-order valence-corrected chi connectivity index (χ3v) is 6.89. The number of fused-ring (bicyclic) bond motifs is 2. The van der Waals surface area contributed by atoms with Crippen LogP contribution in [0.15, 0.2) is 83.8 Å². The fraction of sp³-hybridized carbons (Fsp3) is 0.0769. The van der Waals surface area contributed by atoms with E-state index in [1.165, 1.54) is 0 Å². The lowest BCUT2D eigenvalue weighted by Gasteiger charge is -2.20. The SMILES string of the molecule is O=C1C2=C(Nc3cc(Cl)ccc3N2)O[C@@H]1c1ccc([C@H]2OC3=C(Nc4ccc(Cl)cc4N3)C2=O)cc1. The lowest BCUT2D eigenvalue weighted by molar-refractivity contribution is -0.122. The fourth-order valence-electron chi connectivity index (χ4n) is 4.62. The largest absolute Gasteiger partial charge is 0.461 e. The Morgan fingerprint density at radius 3 is 1.39 bits per heavy atom. The summed E-state index contributed by atoms with van der Waals surface area (Å²) in [6.45, 7) is 0. The highest BCUT2D eigenvalue weighted by Crippen LogP contribution is 2.42. The predicted octanol–water partition coefficient (Wildman–Crippen LogP) is 5.69. The van der Waals surface area contributed by atoms with Gasteiger partial charge in [0.05, 0.1) is 22.7 Å². The van der Waals surface area contributed by atoms with Crippen LogP contribution in [0.1, 0.15) is 23.3 Å². The van der Waals surface area contributed by atoms with Gasteiger partial charge in [-0.3, -0.25) is 9.59 Å². The number of carbonyl (C=O) groups excluding carboxylic acids is 2. The first-order valence-electron chi connectivity index (χ1n) is 11.1. The number of rotatable bonds is 2. The summed E-state index contributed by atoms with van der Waals surface area (Å²) in [5.74, 6) is 0.320. The summed E-state index contributed by atoms with van der Waals surface area (Å²) in [5.41, 5.74) is 4.98. The maximum atomic E-state index is 13.1. The molecule has 8 nitrogen and oxygen atoms in total. The summed E-state index contributed by atoms with van der Waals surface area (Å²) < 4.78 is 11.9. The highest BCUT2D eigenvalue weighted by atomic mass is 35.5. The second-order valence-electron chi connectivity index (χ2n) is 8.68. The predicted molar refractivity (Wildman–Crippen MR) is 136 cm³/mol. The molecular weight excluding hydrogens is 503 g/mol. The average molecular weight is 519 g/mol. The molecule has 4 aliphatic heterocycles. The van der Waals surface area contributed by atoms with Crippen LogP contribution in [0.3, 0.4) is 0 Å². The summed E-state index contributed by atoms with van der Waals surface area (Å²) >= 11 is 12.2. The number of hydrogen-bond donors (Lipinski definition) is 4. The molecule has 7 rings (SSSR count). The molecule has 36 heavy (non-hydrogen) atoms. The summed E-state index contributed by atoms with van der Waals surface area (Å²) in [6.07, 6.45) is -1.63. The summed E-state index contributed by atoms with van der Waals surface area (Å²) in [5, 5.41) is 13.7. The third-order valence-electron chi connectivity index (χ3n) is 6.42. The molecular formula is C26H16Cl2N4O4. The number of ketones is 2. The van der Waals surface area contributed by atoms with Crippen molar-refractivity contribution in [3.05, 3.63) is 105 Å². The minimum absolute atomic E-state index is 0.194. The van der Waals surface area contributed by atoms with E-state index in [2.05, 4.69) is 21.3 Å². The Balaban J connectivity index is 1.09. The van der Waals surface area contributed by atoms with Gasteiger partial charge in [0.15, 0.2) is 12.2 Å². The smallest absolute Gasteiger partial charge is 0.229 e. The van der Waals surface area contributed by atoms with E-state index in [1.54, 1.807) is 60.7 Å². The fourth-order valence-corrected chi connectivity index (χ4v) is 4.97. The van der Waals surface area contributed by atoms with Crippen molar-refractivity contribution in [2.45, 2.75) is 12.2 Å². The Bertz CT molecular complexity index is 1450. The number of Topliss-reactive ketones (excluding diaryl/α,β-unsaturated/α-hetero) is 2. The van der Waals surface area contributed by atoms with Crippen LogP contribution in [0.25, 0.3) is 0 Å². The normalized spacial score (nSPS) is 21.2. The molecule has 0 aliphatic carbocycles. The summed E-state index contributed by atoms with van der Waals surface area (Å²) in [6, 6.07) is 17.7. The quantitative estimate of drug-likeness (QED) is 0.343. The highest BCUT2D eigenvalue weighted by molar-refractivity contribution is 6.31. The van der Waals surface area contributed by atoms with Crippen molar-refractivity contribution < 1.29 is 19.1 Å². The topological polar surface area (TPSA) is 101 Å².